The first kappa shape index (κ1) is 20.8. The summed E-state index contributed by atoms with van der Waals surface area (Å²) in [5.74, 6) is 3.48. The number of carbonyl (C=O) groups is 1. The molecule has 1 amide bonds. The molecule has 1 heterocycles. The first-order valence-electron chi connectivity index (χ1n) is 11.2. The summed E-state index contributed by atoms with van der Waals surface area (Å²) >= 11 is 0. The van der Waals surface area contributed by atoms with Crippen molar-refractivity contribution in [3.05, 3.63) is 107 Å². The van der Waals surface area contributed by atoms with Crippen molar-refractivity contribution in [2.45, 2.75) is 25.9 Å². The number of hydrogen-bond acceptors (Lipinski definition) is 2. The van der Waals surface area contributed by atoms with Gasteiger partial charge in [0, 0.05) is 18.0 Å². The van der Waals surface area contributed by atoms with E-state index in [1.807, 2.05) is 42.5 Å². The average molecular weight is 432 g/mol. The second-order valence-corrected chi connectivity index (χ2v) is 8.44. The van der Waals surface area contributed by atoms with Crippen LogP contribution in [-0.2, 0) is 11.4 Å². The molecule has 5 rings (SSSR count). The SMILES string of the molecule is C#CCN1C(=O)CC(c2ccc(OCc3ccccc3C)cc2)c2c1ccc1ccccc21. The molecule has 4 aromatic rings. The zero-order valence-electron chi connectivity index (χ0n) is 18.6. The zero-order chi connectivity index (χ0) is 22.8. The molecule has 33 heavy (non-hydrogen) atoms. The van der Waals surface area contributed by atoms with Crippen molar-refractivity contribution in [3.8, 4) is 18.1 Å². The largest absolute Gasteiger partial charge is 0.489 e. The standard InChI is InChI=1S/C30H25NO2/c1-3-18-31-28-17-14-22-9-6-7-11-26(22)30(28)27(19-29(31)32)23-12-15-25(16-13-23)33-20-24-10-5-4-8-21(24)2/h1,4-17,27H,18-20H2,2H3. The maximum absolute atomic E-state index is 13.0. The minimum Gasteiger partial charge on any atom is -0.489 e. The van der Waals surface area contributed by atoms with E-state index < -0.39 is 0 Å². The van der Waals surface area contributed by atoms with E-state index in [0.29, 0.717) is 13.0 Å². The molecule has 0 saturated carbocycles. The molecule has 1 unspecified atom stereocenters. The highest BCUT2D eigenvalue weighted by atomic mass is 16.5. The Hall–Kier alpha value is -4.03. The Labute approximate surface area is 194 Å². The predicted octanol–water partition coefficient (Wildman–Crippen LogP) is 6.23. The molecule has 3 nitrogen and oxygen atoms in total. The van der Waals surface area contributed by atoms with Gasteiger partial charge in [-0.25, -0.2) is 0 Å². The van der Waals surface area contributed by atoms with Crippen LogP contribution >= 0.6 is 0 Å². The third kappa shape index (κ3) is 3.97. The number of aryl methyl sites for hydroxylation is 1. The number of benzene rings is 4. The third-order valence-corrected chi connectivity index (χ3v) is 6.45. The van der Waals surface area contributed by atoms with Crippen LogP contribution in [0.1, 0.15) is 34.6 Å². The molecule has 4 aromatic carbocycles. The minimum absolute atomic E-state index is 0.0296. The molecule has 3 heteroatoms. The van der Waals surface area contributed by atoms with Gasteiger partial charge in [-0.3, -0.25) is 4.79 Å². The number of rotatable bonds is 5. The van der Waals surface area contributed by atoms with Gasteiger partial charge in [0.05, 0.1) is 6.54 Å². The molecule has 1 aliphatic rings. The number of fused-ring (bicyclic) bond motifs is 3. The lowest BCUT2D eigenvalue weighted by Gasteiger charge is -2.34. The summed E-state index contributed by atoms with van der Waals surface area (Å²) in [7, 11) is 0. The molecule has 1 atom stereocenters. The second-order valence-electron chi connectivity index (χ2n) is 8.44. The Morgan fingerprint density at radius 2 is 1.73 bits per heavy atom. The number of hydrogen-bond donors (Lipinski definition) is 0. The molecule has 1 aliphatic heterocycles. The van der Waals surface area contributed by atoms with Crippen molar-refractivity contribution < 1.29 is 9.53 Å². The van der Waals surface area contributed by atoms with Crippen molar-refractivity contribution in [2.75, 3.05) is 11.4 Å². The van der Waals surface area contributed by atoms with E-state index in [0.717, 1.165) is 33.3 Å². The summed E-state index contributed by atoms with van der Waals surface area (Å²) in [5, 5.41) is 2.32. The van der Waals surface area contributed by atoms with Crippen LogP contribution in [0.15, 0.2) is 84.9 Å². The number of ether oxygens (including phenoxy) is 1. The van der Waals surface area contributed by atoms with Gasteiger partial charge in [0.1, 0.15) is 12.4 Å². The predicted molar refractivity (Wildman–Crippen MR) is 134 cm³/mol. The van der Waals surface area contributed by atoms with E-state index in [-0.39, 0.29) is 18.4 Å². The van der Waals surface area contributed by atoms with Gasteiger partial charge < -0.3 is 9.64 Å². The lowest BCUT2D eigenvalue weighted by atomic mass is 9.81. The highest BCUT2D eigenvalue weighted by Gasteiger charge is 2.33. The number of amides is 1. The van der Waals surface area contributed by atoms with Gasteiger partial charge in [-0.05, 0) is 58.1 Å². The normalized spacial score (nSPS) is 15.2. The van der Waals surface area contributed by atoms with Gasteiger partial charge in [-0.15, -0.1) is 6.42 Å². The quantitative estimate of drug-likeness (QED) is 0.351. The van der Waals surface area contributed by atoms with Crippen LogP contribution in [0.3, 0.4) is 0 Å². The van der Waals surface area contributed by atoms with E-state index in [4.69, 9.17) is 11.2 Å². The molecule has 0 bridgehead atoms. The molecule has 0 saturated heterocycles. The van der Waals surface area contributed by atoms with E-state index in [1.54, 1.807) is 4.90 Å². The van der Waals surface area contributed by atoms with E-state index >= 15 is 0 Å². The monoisotopic (exact) mass is 431 g/mol. The fraction of sp³-hybridized carbons (Fsp3) is 0.167. The van der Waals surface area contributed by atoms with Gasteiger partial charge in [-0.1, -0.05) is 72.7 Å². The van der Waals surface area contributed by atoms with Gasteiger partial charge >= 0.3 is 0 Å². The lowest BCUT2D eigenvalue weighted by molar-refractivity contribution is -0.119. The summed E-state index contributed by atoms with van der Waals surface area (Å²) in [6.07, 6.45) is 5.97. The van der Waals surface area contributed by atoms with Gasteiger partial charge in [0.2, 0.25) is 5.91 Å². The van der Waals surface area contributed by atoms with Crippen LogP contribution in [0.2, 0.25) is 0 Å². The van der Waals surface area contributed by atoms with Crippen molar-refractivity contribution in [1.82, 2.24) is 0 Å². The first-order valence-corrected chi connectivity index (χ1v) is 11.2. The average Bonchev–Trinajstić information content (AvgIpc) is 2.85. The summed E-state index contributed by atoms with van der Waals surface area (Å²) < 4.78 is 6.03. The summed E-state index contributed by atoms with van der Waals surface area (Å²) in [6, 6.07) is 28.8. The zero-order valence-corrected chi connectivity index (χ0v) is 18.6. The summed E-state index contributed by atoms with van der Waals surface area (Å²) in [4.78, 5) is 14.8. The second kappa shape index (κ2) is 8.84. The van der Waals surface area contributed by atoms with Crippen LogP contribution in [0.5, 0.6) is 5.75 Å². The van der Waals surface area contributed by atoms with Crippen LogP contribution in [0.25, 0.3) is 10.8 Å². The highest BCUT2D eigenvalue weighted by Crippen LogP contribution is 2.44. The van der Waals surface area contributed by atoms with E-state index in [9.17, 15) is 4.79 Å². The number of nitrogens with zero attached hydrogens (tertiary/aromatic N) is 1. The fourth-order valence-corrected chi connectivity index (χ4v) is 4.69. The first-order chi connectivity index (χ1) is 16.2. The molecule has 0 radical (unpaired) electrons. The van der Waals surface area contributed by atoms with E-state index in [1.165, 1.54) is 11.1 Å². The Kier molecular flexibility index (Phi) is 5.59. The molecule has 0 fully saturated rings. The minimum atomic E-state index is -0.0296. The smallest absolute Gasteiger partial charge is 0.228 e. The molecular formula is C30H25NO2. The Morgan fingerprint density at radius 1 is 0.970 bits per heavy atom. The fourth-order valence-electron chi connectivity index (χ4n) is 4.69. The van der Waals surface area contributed by atoms with E-state index in [2.05, 4.69) is 55.3 Å². The Bertz CT molecular complexity index is 1360. The van der Waals surface area contributed by atoms with Crippen LogP contribution < -0.4 is 9.64 Å². The highest BCUT2D eigenvalue weighted by molar-refractivity contribution is 6.03. The lowest BCUT2D eigenvalue weighted by Crippen LogP contribution is -2.37. The number of carbonyl (C=O) groups excluding carboxylic acids is 1. The summed E-state index contributed by atoms with van der Waals surface area (Å²) in [6.45, 7) is 2.90. The Balaban J connectivity index is 1.49. The maximum atomic E-state index is 13.0. The third-order valence-electron chi connectivity index (χ3n) is 6.45. The number of terminal acetylenes is 1. The molecule has 0 aliphatic carbocycles. The van der Waals surface area contributed by atoms with Crippen LogP contribution in [0.4, 0.5) is 5.69 Å². The van der Waals surface area contributed by atoms with Crippen LogP contribution in [0, 0.1) is 19.3 Å². The summed E-state index contributed by atoms with van der Waals surface area (Å²) in [5.41, 5.74) is 5.57. The molecule has 0 aromatic heterocycles. The van der Waals surface area contributed by atoms with Gasteiger partial charge in [-0.2, -0.15) is 0 Å². The maximum Gasteiger partial charge on any atom is 0.228 e. The van der Waals surface area contributed by atoms with Crippen molar-refractivity contribution in [1.29, 1.82) is 0 Å². The van der Waals surface area contributed by atoms with Crippen molar-refractivity contribution in [2.24, 2.45) is 0 Å². The van der Waals surface area contributed by atoms with Gasteiger partial charge in [0.25, 0.3) is 0 Å². The molecule has 162 valence electrons. The van der Waals surface area contributed by atoms with Crippen molar-refractivity contribution in [3.63, 3.8) is 0 Å². The molecule has 0 spiro atoms. The van der Waals surface area contributed by atoms with Gasteiger partial charge in [0.15, 0.2) is 0 Å². The van der Waals surface area contributed by atoms with Crippen molar-refractivity contribution >= 4 is 22.4 Å². The topological polar surface area (TPSA) is 29.5 Å². The molecule has 0 N–H and O–H groups in total. The Morgan fingerprint density at radius 3 is 2.52 bits per heavy atom. The van der Waals surface area contributed by atoms with Crippen LogP contribution in [-0.4, -0.2) is 12.5 Å². The number of anilines is 1. The molecular weight excluding hydrogens is 406 g/mol.